The van der Waals surface area contributed by atoms with Crippen LogP contribution in [0.25, 0.3) is 0 Å². The van der Waals surface area contributed by atoms with E-state index in [1.165, 1.54) is 0 Å². The molecule has 1 saturated carbocycles. The first-order valence-corrected chi connectivity index (χ1v) is 4.56. The Kier molecular flexibility index (Phi) is 4.25. The van der Waals surface area contributed by atoms with Crippen molar-refractivity contribution in [2.45, 2.75) is 25.7 Å². The molecule has 3 heteroatoms. The molecular formula is C9H16O3. The number of aliphatic hydroxyl groups excluding tert-OH is 1. The Morgan fingerprint density at radius 3 is 3.00 bits per heavy atom. The minimum absolute atomic E-state index is 0.0426. The fourth-order valence-corrected chi connectivity index (χ4v) is 1.52. The van der Waals surface area contributed by atoms with Crippen molar-refractivity contribution in [2.24, 2.45) is 5.92 Å². The molecule has 0 saturated heterocycles. The van der Waals surface area contributed by atoms with Gasteiger partial charge < -0.3 is 9.84 Å². The van der Waals surface area contributed by atoms with Crippen molar-refractivity contribution in [3.8, 4) is 0 Å². The van der Waals surface area contributed by atoms with Gasteiger partial charge >= 0.3 is 0 Å². The number of hydrogen-bond donors (Lipinski definition) is 1. The second-order valence-corrected chi connectivity index (χ2v) is 3.21. The Morgan fingerprint density at radius 1 is 1.50 bits per heavy atom. The van der Waals surface area contributed by atoms with Gasteiger partial charge in [0, 0.05) is 12.3 Å². The minimum atomic E-state index is 0.0426. The fraction of sp³-hybridized carbons (Fsp3) is 0.889. The van der Waals surface area contributed by atoms with Crippen LogP contribution in [0.5, 0.6) is 0 Å². The average Bonchev–Trinajstić information content (AvgIpc) is 2.09. The van der Waals surface area contributed by atoms with Gasteiger partial charge in [0.15, 0.2) is 0 Å². The molecule has 1 unspecified atom stereocenters. The summed E-state index contributed by atoms with van der Waals surface area (Å²) in [7, 11) is 0. The number of carbonyl (C=O) groups excluding carboxylic acids is 1. The zero-order valence-electron chi connectivity index (χ0n) is 7.29. The molecule has 0 aromatic heterocycles. The zero-order chi connectivity index (χ0) is 8.81. The van der Waals surface area contributed by atoms with Gasteiger partial charge in [0.2, 0.25) is 0 Å². The third-order valence-electron chi connectivity index (χ3n) is 2.24. The lowest BCUT2D eigenvalue weighted by Gasteiger charge is -2.19. The molecule has 1 aliphatic carbocycles. The Hall–Kier alpha value is -0.410. The maximum atomic E-state index is 11.2. The maximum absolute atomic E-state index is 11.2. The molecule has 1 aliphatic rings. The van der Waals surface area contributed by atoms with Crippen LogP contribution >= 0.6 is 0 Å². The maximum Gasteiger partial charge on any atom is 0.138 e. The monoisotopic (exact) mass is 172 g/mol. The number of ketones is 1. The third kappa shape index (κ3) is 2.91. The van der Waals surface area contributed by atoms with Gasteiger partial charge in [0.1, 0.15) is 5.78 Å². The molecular weight excluding hydrogens is 156 g/mol. The van der Waals surface area contributed by atoms with Gasteiger partial charge in [-0.25, -0.2) is 0 Å². The Labute approximate surface area is 72.7 Å². The highest BCUT2D eigenvalue weighted by molar-refractivity contribution is 5.81. The van der Waals surface area contributed by atoms with Crippen molar-refractivity contribution in [1.29, 1.82) is 0 Å². The van der Waals surface area contributed by atoms with Crippen LogP contribution in [0.1, 0.15) is 25.7 Å². The number of hydrogen-bond acceptors (Lipinski definition) is 3. The molecule has 12 heavy (non-hydrogen) atoms. The van der Waals surface area contributed by atoms with Crippen LogP contribution in [0.2, 0.25) is 0 Å². The van der Waals surface area contributed by atoms with Crippen molar-refractivity contribution >= 4 is 5.78 Å². The van der Waals surface area contributed by atoms with Crippen LogP contribution < -0.4 is 0 Å². The van der Waals surface area contributed by atoms with Crippen LogP contribution in [-0.2, 0) is 9.53 Å². The standard InChI is InChI=1S/C9H16O3/c10-5-6-12-7-8-3-1-2-4-9(8)11/h8,10H,1-7H2. The quantitative estimate of drug-likeness (QED) is 0.637. The van der Waals surface area contributed by atoms with Crippen LogP contribution in [0, 0.1) is 5.92 Å². The van der Waals surface area contributed by atoms with Crippen LogP contribution in [-0.4, -0.2) is 30.7 Å². The lowest BCUT2D eigenvalue weighted by Crippen LogP contribution is -2.24. The third-order valence-corrected chi connectivity index (χ3v) is 2.24. The van der Waals surface area contributed by atoms with Crippen molar-refractivity contribution in [3.63, 3.8) is 0 Å². The summed E-state index contributed by atoms with van der Waals surface area (Å²) in [5.74, 6) is 0.435. The highest BCUT2D eigenvalue weighted by atomic mass is 16.5. The molecule has 0 aromatic carbocycles. The van der Waals surface area contributed by atoms with Crippen LogP contribution in [0.15, 0.2) is 0 Å². The van der Waals surface area contributed by atoms with Gasteiger partial charge in [-0.05, 0) is 12.8 Å². The van der Waals surface area contributed by atoms with Gasteiger partial charge in [0.25, 0.3) is 0 Å². The molecule has 0 amide bonds. The van der Waals surface area contributed by atoms with Gasteiger partial charge in [-0.15, -0.1) is 0 Å². The van der Waals surface area contributed by atoms with E-state index in [9.17, 15) is 4.79 Å². The second kappa shape index (κ2) is 5.27. The summed E-state index contributed by atoms with van der Waals surface area (Å²) in [5, 5.41) is 8.45. The fourth-order valence-electron chi connectivity index (χ4n) is 1.52. The highest BCUT2D eigenvalue weighted by Gasteiger charge is 2.21. The van der Waals surface area contributed by atoms with Gasteiger partial charge in [-0.2, -0.15) is 0 Å². The van der Waals surface area contributed by atoms with Gasteiger partial charge in [-0.1, -0.05) is 6.42 Å². The van der Waals surface area contributed by atoms with E-state index in [-0.39, 0.29) is 12.5 Å². The lowest BCUT2D eigenvalue weighted by atomic mass is 9.89. The summed E-state index contributed by atoms with van der Waals surface area (Å²) < 4.78 is 5.12. The molecule has 1 atom stereocenters. The van der Waals surface area contributed by atoms with Crippen molar-refractivity contribution in [2.75, 3.05) is 19.8 Å². The first-order chi connectivity index (χ1) is 5.84. The van der Waals surface area contributed by atoms with E-state index in [2.05, 4.69) is 0 Å². The lowest BCUT2D eigenvalue weighted by molar-refractivity contribution is -0.126. The normalized spacial score (nSPS) is 24.4. The molecule has 3 nitrogen and oxygen atoms in total. The zero-order valence-corrected chi connectivity index (χ0v) is 7.29. The van der Waals surface area contributed by atoms with Crippen LogP contribution in [0.3, 0.4) is 0 Å². The summed E-state index contributed by atoms with van der Waals surface area (Å²) in [5.41, 5.74) is 0. The van der Waals surface area contributed by atoms with Crippen molar-refractivity contribution < 1.29 is 14.6 Å². The first kappa shape index (κ1) is 9.68. The van der Waals surface area contributed by atoms with E-state index in [0.29, 0.717) is 25.4 Å². The van der Waals surface area contributed by atoms with Gasteiger partial charge in [0.05, 0.1) is 19.8 Å². The number of carbonyl (C=O) groups is 1. The Bertz CT molecular complexity index is 145. The van der Waals surface area contributed by atoms with E-state index in [1.54, 1.807) is 0 Å². The molecule has 0 radical (unpaired) electrons. The number of aliphatic hydroxyl groups is 1. The number of ether oxygens (including phenoxy) is 1. The van der Waals surface area contributed by atoms with Crippen molar-refractivity contribution in [1.82, 2.24) is 0 Å². The topological polar surface area (TPSA) is 46.5 Å². The number of Topliss-reactive ketones (excluding diaryl/α,β-unsaturated/α-hetero) is 1. The van der Waals surface area contributed by atoms with Crippen LogP contribution in [0.4, 0.5) is 0 Å². The molecule has 0 aliphatic heterocycles. The summed E-state index contributed by atoms with van der Waals surface area (Å²) in [4.78, 5) is 11.2. The number of rotatable bonds is 4. The molecule has 0 heterocycles. The Morgan fingerprint density at radius 2 is 2.33 bits per heavy atom. The Balaban J connectivity index is 2.16. The van der Waals surface area contributed by atoms with Gasteiger partial charge in [-0.3, -0.25) is 4.79 Å². The summed E-state index contributed by atoms with van der Waals surface area (Å²) >= 11 is 0. The molecule has 1 N–H and O–H groups in total. The predicted octanol–water partition coefficient (Wildman–Crippen LogP) is 0.755. The van der Waals surface area contributed by atoms with E-state index < -0.39 is 0 Å². The summed E-state index contributed by atoms with van der Waals surface area (Å²) in [6.07, 6.45) is 3.85. The molecule has 1 rings (SSSR count). The van der Waals surface area contributed by atoms with E-state index in [4.69, 9.17) is 9.84 Å². The first-order valence-electron chi connectivity index (χ1n) is 4.56. The molecule has 0 spiro atoms. The van der Waals surface area contributed by atoms with E-state index >= 15 is 0 Å². The van der Waals surface area contributed by atoms with E-state index in [1.807, 2.05) is 0 Å². The SMILES string of the molecule is O=C1CCCCC1COCCO. The smallest absolute Gasteiger partial charge is 0.138 e. The summed E-state index contributed by atoms with van der Waals surface area (Å²) in [6, 6.07) is 0. The van der Waals surface area contributed by atoms with Crippen molar-refractivity contribution in [3.05, 3.63) is 0 Å². The van der Waals surface area contributed by atoms with E-state index in [0.717, 1.165) is 19.3 Å². The minimum Gasteiger partial charge on any atom is -0.394 e. The summed E-state index contributed by atoms with van der Waals surface area (Å²) in [6.45, 7) is 0.893. The molecule has 0 aromatic rings. The molecule has 0 bridgehead atoms. The highest BCUT2D eigenvalue weighted by Crippen LogP contribution is 2.20. The molecule has 1 fully saturated rings. The second-order valence-electron chi connectivity index (χ2n) is 3.21. The average molecular weight is 172 g/mol. The largest absolute Gasteiger partial charge is 0.394 e. The molecule has 70 valence electrons. The predicted molar refractivity (Wildman–Crippen MR) is 44.9 cm³/mol.